The maximum atomic E-state index is 4.32. The second-order valence-corrected chi connectivity index (χ2v) is 5.06. The van der Waals surface area contributed by atoms with Crippen molar-refractivity contribution in [2.75, 3.05) is 31.6 Å². The lowest BCUT2D eigenvalue weighted by Crippen LogP contribution is -2.35. The van der Waals surface area contributed by atoms with E-state index in [0.717, 1.165) is 43.5 Å². The number of nitrogens with one attached hydrogen (secondary N) is 1. The monoisotopic (exact) mass is 248 g/mol. The highest BCUT2D eigenvalue weighted by molar-refractivity contribution is 5.37. The van der Waals surface area contributed by atoms with Crippen molar-refractivity contribution < 1.29 is 0 Å². The van der Waals surface area contributed by atoms with Gasteiger partial charge in [-0.15, -0.1) is 5.10 Å². The van der Waals surface area contributed by atoms with Crippen LogP contribution in [0.1, 0.15) is 31.9 Å². The minimum absolute atomic E-state index is 0.872. The molecule has 1 aliphatic heterocycles. The Labute approximate surface area is 110 Å². The van der Waals surface area contributed by atoms with Crippen LogP contribution in [0.15, 0.2) is 12.1 Å². The van der Waals surface area contributed by atoms with E-state index in [2.05, 4.69) is 39.5 Å². The van der Waals surface area contributed by atoms with Gasteiger partial charge >= 0.3 is 0 Å². The molecule has 1 aromatic rings. The Hall–Kier alpha value is -1.16. The Bertz CT molecular complexity index is 341. The number of piperidine rings is 1. The molecule has 1 saturated heterocycles. The van der Waals surface area contributed by atoms with E-state index in [9.17, 15) is 0 Å². The van der Waals surface area contributed by atoms with Crippen LogP contribution in [0.5, 0.6) is 0 Å². The minimum atomic E-state index is 0.872. The smallest absolute Gasteiger partial charge is 0.151 e. The molecule has 0 aliphatic carbocycles. The Balaban J connectivity index is 1.84. The van der Waals surface area contributed by atoms with Gasteiger partial charge in [-0.05, 0) is 57.3 Å². The van der Waals surface area contributed by atoms with Crippen LogP contribution in [0, 0.1) is 5.92 Å². The van der Waals surface area contributed by atoms with Crippen LogP contribution >= 0.6 is 0 Å². The van der Waals surface area contributed by atoms with Gasteiger partial charge < -0.3 is 10.2 Å². The summed E-state index contributed by atoms with van der Waals surface area (Å²) in [7, 11) is 2.03. The molecule has 4 nitrogen and oxygen atoms in total. The van der Waals surface area contributed by atoms with Crippen LogP contribution in [0.25, 0.3) is 0 Å². The first-order valence-electron chi connectivity index (χ1n) is 7.05. The fourth-order valence-corrected chi connectivity index (χ4v) is 2.51. The first kappa shape index (κ1) is 13.3. The van der Waals surface area contributed by atoms with E-state index in [4.69, 9.17) is 0 Å². The van der Waals surface area contributed by atoms with E-state index in [-0.39, 0.29) is 0 Å². The quantitative estimate of drug-likeness (QED) is 0.863. The van der Waals surface area contributed by atoms with Gasteiger partial charge in [0, 0.05) is 13.1 Å². The van der Waals surface area contributed by atoms with Crippen LogP contribution in [-0.2, 0) is 6.42 Å². The van der Waals surface area contributed by atoms with E-state index in [1.54, 1.807) is 0 Å². The molecule has 1 aliphatic rings. The van der Waals surface area contributed by atoms with E-state index < -0.39 is 0 Å². The molecule has 2 rings (SSSR count). The minimum Gasteiger partial charge on any atom is -0.355 e. The molecule has 2 heterocycles. The SMILES string of the molecule is CCc1ccc(N2CCC(CCNC)CC2)nn1. The molecule has 0 aromatic carbocycles. The second kappa shape index (κ2) is 6.69. The van der Waals surface area contributed by atoms with E-state index in [1.165, 1.54) is 19.3 Å². The molecule has 0 radical (unpaired) electrons. The Kier molecular flexibility index (Phi) is 4.93. The van der Waals surface area contributed by atoms with E-state index in [1.807, 2.05) is 7.05 Å². The summed E-state index contributed by atoms with van der Waals surface area (Å²) >= 11 is 0. The van der Waals surface area contributed by atoms with E-state index >= 15 is 0 Å². The molecule has 100 valence electrons. The maximum Gasteiger partial charge on any atom is 0.151 e. The van der Waals surface area contributed by atoms with Crippen molar-refractivity contribution in [3.05, 3.63) is 17.8 Å². The highest BCUT2D eigenvalue weighted by atomic mass is 15.3. The highest BCUT2D eigenvalue weighted by Crippen LogP contribution is 2.23. The molecule has 0 bridgehead atoms. The van der Waals surface area contributed by atoms with Crippen LogP contribution in [-0.4, -0.2) is 36.9 Å². The van der Waals surface area contributed by atoms with Crippen molar-refractivity contribution in [1.82, 2.24) is 15.5 Å². The maximum absolute atomic E-state index is 4.32. The zero-order valence-electron chi connectivity index (χ0n) is 11.5. The predicted octanol–water partition coefficient (Wildman–Crippen LogP) is 1.86. The molecule has 4 heteroatoms. The van der Waals surface area contributed by atoms with Crippen molar-refractivity contribution in [3.8, 4) is 0 Å². The molecule has 0 atom stereocenters. The zero-order valence-corrected chi connectivity index (χ0v) is 11.5. The number of hydrogen-bond donors (Lipinski definition) is 1. The summed E-state index contributed by atoms with van der Waals surface area (Å²) < 4.78 is 0. The fraction of sp³-hybridized carbons (Fsp3) is 0.714. The lowest BCUT2D eigenvalue weighted by atomic mass is 9.93. The van der Waals surface area contributed by atoms with E-state index in [0.29, 0.717) is 0 Å². The molecule has 18 heavy (non-hydrogen) atoms. The van der Waals surface area contributed by atoms with Gasteiger partial charge in [0.1, 0.15) is 0 Å². The van der Waals surface area contributed by atoms with Crippen LogP contribution in [0.4, 0.5) is 5.82 Å². The number of aryl methyl sites for hydroxylation is 1. The van der Waals surface area contributed by atoms with Gasteiger partial charge in [-0.3, -0.25) is 0 Å². The molecule has 0 unspecified atom stereocenters. The molecular formula is C14H24N4. The molecule has 1 fully saturated rings. The van der Waals surface area contributed by atoms with Crippen LogP contribution < -0.4 is 10.2 Å². The molecule has 1 N–H and O–H groups in total. The van der Waals surface area contributed by atoms with Crippen molar-refractivity contribution in [2.45, 2.75) is 32.6 Å². The van der Waals surface area contributed by atoms with Crippen LogP contribution in [0.2, 0.25) is 0 Å². The number of hydrogen-bond acceptors (Lipinski definition) is 4. The lowest BCUT2D eigenvalue weighted by Gasteiger charge is -2.32. The number of aromatic nitrogens is 2. The normalized spacial score (nSPS) is 17.1. The lowest BCUT2D eigenvalue weighted by molar-refractivity contribution is 0.376. The van der Waals surface area contributed by atoms with Gasteiger partial charge in [0.15, 0.2) is 5.82 Å². The van der Waals surface area contributed by atoms with Gasteiger partial charge in [-0.2, -0.15) is 5.10 Å². The summed E-state index contributed by atoms with van der Waals surface area (Å²) in [5.41, 5.74) is 1.07. The Morgan fingerprint density at radius 1 is 1.28 bits per heavy atom. The summed E-state index contributed by atoms with van der Waals surface area (Å²) in [6.45, 7) is 5.48. The largest absolute Gasteiger partial charge is 0.355 e. The summed E-state index contributed by atoms with van der Waals surface area (Å²) in [6, 6.07) is 4.20. The Morgan fingerprint density at radius 3 is 2.61 bits per heavy atom. The van der Waals surface area contributed by atoms with Gasteiger partial charge in [0.05, 0.1) is 5.69 Å². The molecule has 0 saturated carbocycles. The molecular weight excluding hydrogens is 224 g/mol. The second-order valence-electron chi connectivity index (χ2n) is 5.06. The van der Waals surface area contributed by atoms with Gasteiger partial charge in [0.25, 0.3) is 0 Å². The third-order valence-electron chi connectivity index (χ3n) is 3.81. The summed E-state index contributed by atoms with van der Waals surface area (Å²) in [4.78, 5) is 2.36. The fourth-order valence-electron chi connectivity index (χ4n) is 2.51. The van der Waals surface area contributed by atoms with Crippen molar-refractivity contribution in [3.63, 3.8) is 0 Å². The van der Waals surface area contributed by atoms with Crippen molar-refractivity contribution >= 4 is 5.82 Å². The first-order valence-corrected chi connectivity index (χ1v) is 7.05. The van der Waals surface area contributed by atoms with Gasteiger partial charge in [0.2, 0.25) is 0 Å². The van der Waals surface area contributed by atoms with Crippen molar-refractivity contribution in [1.29, 1.82) is 0 Å². The first-order chi connectivity index (χ1) is 8.83. The number of nitrogens with zero attached hydrogens (tertiary/aromatic N) is 3. The van der Waals surface area contributed by atoms with Gasteiger partial charge in [-0.25, -0.2) is 0 Å². The van der Waals surface area contributed by atoms with Gasteiger partial charge in [-0.1, -0.05) is 6.92 Å². The molecule has 0 amide bonds. The van der Waals surface area contributed by atoms with Crippen LogP contribution in [0.3, 0.4) is 0 Å². The summed E-state index contributed by atoms with van der Waals surface area (Å²) in [6.07, 6.45) is 4.81. The topological polar surface area (TPSA) is 41.0 Å². The standard InChI is InChI=1S/C14H24N4/c1-3-13-4-5-14(17-16-13)18-10-7-12(8-11-18)6-9-15-2/h4-5,12,15H,3,6-11H2,1-2H3. The summed E-state index contributed by atoms with van der Waals surface area (Å²) in [5, 5.41) is 11.8. The summed E-state index contributed by atoms with van der Waals surface area (Å²) in [5.74, 6) is 1.91. The number of anilines is 1. The highest BCUT2D eigenvalue weighted by Gasteiger charge is 2.19. The average molecular weight is 248 g/mol. The number of rotatable bonds is 5. The third-order valence-corrected chi connectivity index (χ3v) is 3.81. The third kappa shape index (κ3) is 3.42. The predicted molar refractivity (Wildman–Crippen MR) is 74.9 cm³/mol. The Morgan fingerprint density at radius 2 is 2.06 bits per heavy atom. The van der Waals surface area contributed by atoms with Crippen molar-refractivity contribution in [2.24, 2.45) is 5.92 Å². The molecule has 1 aromatic heterocycles. The molecule has 0 spiro atoms. The average Bonchev–Trinajstić information content (AvgIpc) is 2.46. The zero-order chi connectivity index (χ0) is 12.8.